The number of piperazine rings is 1. The first-order valence-corrected chi connectivity index (χ1v) is 18.2. The van der Waals surface area contributed by atoms with Crippen molar-refractivity contribution in [1.29, 1.82) is 0 Å². The number of carbonyl (C=O) groups is 3. The highest BCUT2D eigenvalue weighted by atomic mass is 19.3. The molecule has 0 spiro atoms. The van der Waals surface area contributed by atoms with Crippen molar-refractivity contribution in [2.75, 3.05) is 69.4 Å². The number of rotatable bonds is 15. The van der Waals surface area contributed by atoms with Gasteiger partial charge in [-0.25, -0.2) is 23.1 Å². The van der Waals surface area contributed by atoms with Crippen LogP contribution in [0.1, 0.15) is 53.3 Å². The molecule has 6 heterocycles. The van der Waals surface area contributed by atoms with Crippen molar-refractivity contribution in [3.63, 3.8) is 0 Å². The van der Waals surface area contributed by atoms with Crippen LogP contribution in [0.3, 0.4) is 0 Å². The molecule has 2 saturated heterocycles. The van der Waals surface area contributed by atoms with Gasteiger partial charge in [0.05, 0.1) is 42.7 Å². The number of carbonyl (C=O) groups excluding carboxylic acids is 3. The number of hydrogen-bond donors (Lipinski definition) is 2. The number of ether oxygens (including phenoxy) is 2. The van der Waals surface area contributed by atoms with E-state index in [0.29, 0.717) is 49.8 Å². The van der Waals surface area contributed by atoms with E-state index in [1.54, 1.807) is 17.8 Å². The number of nitrogens with zero attached hydrogens (tertiary/aromatic N) is 9. The van der Waals surface area contributed by atoms with E-state index in [1.165, 1.54) is 33.2 Å². The summed E-state index contributed by atoms with van der Waals surface area (Å²) < 4.78 is 44.1. The molecule has 1 atom stereocenters. The van der Waals surface area contributed by atoms with Crippen LogP contribution in [0.2, 0.25) is 0 Å². The van der Waals surface area contributed by atoms with Crippen molar-refractivity contribution in [2.45, 2.75) is 38.2 Å². The van der Waals surface area contributed by atoms with Gasteiger partial charge in [-0.15, -0.1) is 0 Å². The number of imide groups is 1. The molecule has 19 heteroatoms. The summed E-state index contributed by atoms with van der Waals surface area (Å²) in [6.45, 7) is 5.94. The summed E-state index contributed by atoms with van der Waals surface area (Å²) >= 11 is 0. The van der Waals surface area contributed by atoms with E-state index in [1.807, 2.05) is 24.3 Å². The predicted octanol–water partition coefficient (Wildman–Crippen LogP) is 2.07. The lowest BCUT2D eigenvalue weighted by molar-refractivity contribution is -0.135. The highest BCUT2D eigenvalue weighted by molar-refractivity contribution is 6.08. The molecule has 1 unspecified atom stereocenters. The topological polar surface area (TPSA) is 175 Å². The fourth-order valence-electron chi connectivity index (χ4n) is 7.04. The fourth-order valence-corrected chi connectivity index (χ4v) is 7.04. The van der Waals surface area contributed by atoms with Crippen molar-refractivity contribution in [1.82, 2.24) is 43.7 Å². The van der Waals surface area contributed by atoms with Gasteiger partial charge in [-0.05, 0) is 43.0 Å². The standard InChI is InChI=1S/C36H43F2N11O6/c1-44-22-25(31(43-44)32(37)38)40-34(51)24-21-39-48-10-9-29(41-33(24)48)47-13-11-46(12-14-47)15-17-55-19-18-54-16-3-4-23-5-6-26-28(20-23)45(2)36(53)49(26)27-7-8-30(50)42-35(27)52/h5-6,9-10,20-22,27,32H,3-4,7-8,11-19H2,1-2H3,(H,40,51)(H,42,50,52). The number of anilines is 2. The summed E-state index contributed by atoms with van der Waals surface area (Å²) in [6, 6.07) is 6.92. The van der Waals surface area contributed by atoms with Gasteiger partial charge in [0.25, 0.3) is 12.3 Å². The molecule has 0 radical (unpaired) electrons. The number of nitrogens with one attached hydrogen (secondary N) is 2. The molecule has 5 aromatic rings. The van der Waals surface area contributed by atoms with Crippen molar-refractivity contribution < 1.29 is 32.6 Å². The minimum Gasteiger partial charge on any atom is -0.379 e. The third-order valence-electron chi connectivity index (χ3n) is 9.96. The van der Waals surface area contributed by atoms with Gasteiger partial charge in [-0.2, -0.15) is 10.2 Å². The number of imidazole rings is 1. The molecule has 0 aliphatic carbocycles. The number of aryl methyl sites for hydroxylation is 3. The predicted molar refractivity (Wildman–Crippen MR) is 196 cm³/mol. The Hall–Kier alpha value is -5.53. The zero-order chi connectivity index (χ0) is 38.6. The Labute approximate surface area is 313 Å². The molecule has 17 nitrogen and oxygen atoms in total. The van der Waals surface area contributed by atoms with Crippen LogP contribution in [0.15, 0.2) is 47.7 Å². The highest BCUT2D eigenvalue weighted by Gasteiger charge is 2.31. The van der Waals surface area contributed by atoms with Crippen LogP contribution < -0.4 is 21.2 Å². The molecule has 3 amide bonds. The van der Waals surface area contributed by atoms with E-state index in [4.69, 9.17) is 9.47 Å². The first-order valence-electron chi connectivity index (χ1n) is 18.2. The van der Waals surface area contributed by atoms with Gasteiger partial charge >= 0.3 is 5.69 Å². The van der Waals surface area contributed by atoms with Crippen molar-refractivity contribution >= 4 is 45.9 Å². The minimum absolute atomic E-state index is 0.0633. The zero-order valence-electron chi connectivity index (χ0n) is 30.6. The zero-order valence-corrected chi connectivity index (χ0v) is 30.6. The van der Waals surface area contributed by atoms with E-state index in [2.05, 4.69) is 35.6 Å². The number of alkyl halides is 2. The van der Waals surface area contributed by atoms with Crippen LogP contribution in [0.5, 0.6) is 0 Å². The Morgan fingerprint density at radius 3 is 2.56 bits per heavy atom. The Bertz CT molecular complexity index is 2260. The highest BCUT2D eigenvalue weighted by Crippen LogP contribution is 2.27. The van der Waals surface area contributed by atoms with Gasteiger partial charge in [0.1, 0.15) is 17.4 Å². The SMILES string of the molecule is Cn1cc(NC(=O)c2cnn3ccc(N4CCN(CCOCCOCCCc5ccc6c(c5)n(C)c(=O)n6C5CCC(=O)NC5=O)CC4)nc23)c(C(F)F)n1. The summed E-state index contributed by atoms with van der Waals surface area (Å²) in [6.07, 6.45) is 3.64. The maximum Gasteiger partial charge on any atom is 0.329 e. The molecule has 0 bridgehead atoms. The summed E-state index contributed by atoms with van der Waals surface area (Å²) in [5.41, 5.74) is 2.10. The summed E-state index contributed by atoms with van der Waals surface area (Å²) in [5, 5.41) is 12.8. The van der Waals surface area contributed by atoms with Gasteiger partial charge in [-0.1, -0.05) is 6.07 Å². The summed E-state index contributed by atoms with van der Waals surface area (Å²) in [7, 11) is 3.19. The van der Waals surface area contributed by atoms with Crippen molar-refractivity contribution in [3.8, 4) is 0 Å². The maximum atomic E-state index is 13.4. The Kier molecular flexibility index (Phi) is 11.3. The molecule has 2 fully saturated rings. The quantitative estimate of drug-likeness (QED) is 0.118. The Balaban J connectivity index is 0.798. The molecule has 55 heavy (non-hydrogen) atoms. The number of benzene rings is 1. The van der Waals surface area contributed by atoms with Crippen molar-refractivity contribution in [3.05, 3.63) is 70.2 Å². The first-order chi connectivity index (χ1) is 26.6. The lowest BCUT2D eigenvalue weighted by Gasteiger charge is -2.35. The normalized spacial score (nSPS) is 16.8. The molecule has 0 saturated carbocycles. The van der Waals surface area contributed by atoms with Gasteiger partial charge in [0, 0.05) is 72.2 Å². The number of amides is 3. The van der Waals surface area contributed by atoms with Crippen molar-refractivity contribution in [2.24, 2.45) is 14.1 Å². The minimum atomic E-state index is -2.83. The largest absolute Gasteiger partial charge is 0.379 e. The number of fused-ring (bicyclic) bond motifs is 2. The molecule has 4 aromatic heterocycles. The van der Waals surface area contributed by atoms with Crippen LogP contribution in [-0.4, -0.2) is 115 Å². The number of halogens is 2. The number of piperidine rings is 1. The van der Waals surface area contributed by atoms with E-state index >= 15 is 0 Å². The molecular formula is C36H43F2N11O6. The van der Waals surface area contributed by atoms with Gasteiger partial charge in [0.2, 0.25) is 11.8 Å². The molecule has 2 N–H and O–H groups in total. The average molecular weight is 764 g/mol. The third-order valence-corrected chi connectivity index (χ3v) is 9.96. The second-order valence-electron chi connectivity index (χ2n) is 13.6. The van der Waals surface area contributed by atoms with E-state index in [9.17, 15) is 28.0 Å². The first kappa shape index (κ1) is 37.8. The number of aromatic nitrogens is 7. The monoisotopic (exact) mass is 763 g/mol. The molecule has 2 aliphatic rings. The lowest BCUT2D eigenvalue weighted by Crippen LogP contribution is -2.47. The van der Waals surface area contributed by atoms with Crippen LogP contribution in [0, 0.1) is 0 Å². The number of hydrogen-bond acceptors (Lipinski definition) is 11. The smallest absolute Gasteiger partial charge is 0.329 e. The van der Waals surface area contributed by atoms with Crippen LogP contribution >= 0.6 is 0 Å². The van der Waals surface area contributed by atoms with E-state index in [-0.39, 0.29) is 29.3 Å². The molecule has 292 valence electrons. The molecule has 7 rings (SSSR count). The summed E-state index contributed by atoms with van der Waals surface area (Å²) in [5.74, 6) is -0.674. The second-order valence-corrected chi connectivity index (χ2v) is 13.6. The lowest BCUT2D eigenvalue weighted by atomic mass is 10.1. The van der Waals surface area contributed by atoms with Gasteiger partial charge in [-0.3, -0.25) is 38.4 Å². The average Bonchev–Trinajstić information content (AvgIpc) is 3.84. The third kappa shape index (κ3) is 8.27. The second kappa shape index (κ2) is 16.5. The van der Waals surface area contributed by atoms with Gasteiger partial charge < -0.3 is 19.7 Å². The Morgan fingerprint density at radius 1 is 1.02 bits per heavy atom. The van der Waals surface area contributed by atoms with Crippen LogP contribution in [-0.2, 0) is 39.6 Å². The molecule has 2 aliphatic heterocycles. The van der Waals surface area contributed by atoms with E-state index < -0.39 is 30.0 Å². The molecular weight excluding hydrogens is 720 g/mol. The van der Waals surface area contributed by atoms with Crippen LogP contribution in [0.4, 0.5) is 20.3 Å². The Morgan fingerprint density at radius 2 is 1.80 bits per heavy atom. The maximum absolute atomic E-state index is 13.4. The summed E-state index contributed by atoms with van der Waals surface area (Å²) in [4.78, 5) is 59.2. The van der Waals surface area contributed by atoms with E-state index in [0.717, 1.165) is 56.6 Å². The molecule has 1 aromatic carbocycles. The van der Waals surface area contributed by atoms with Gasteiger partial charge in [0.15, 0.2) is 11.3 Å². The van der Waals surface area contributed by atoms with Crippen LogP contribution in [0.25, 0.3) is 16.7 Å². The fraction of sp³-hybridized carbons (Fsp3) is 0.472.